The SMILES string of the molecule is Cc1cc(-c2ccc(C)c(NC(=O)C3=CNC(=O)C[C@H]3c3ccc(F)cc3)c2)n(C)n1. The van der Waals surface area contributed by atoms with E-state index in [0.29, 0.717) is 16.8 Å². The van der Waals surface area contributed by atoms with Crippen LogP contribution in [-0.2, 0) is 16.6 Å². The lowest BCUT2D eigenvalue weighted by atomic mass is 9.86. The minimum absolute atomic E-state index is 0.123. The molecule has 7 heteroatoms. The number of anilines is 1. The highest BCUT2D eigenvalue weighted by Gasteiger charge is 2.29. The number of halogens is 1. The molecule has 158 valence electrons. The summed E-state index contributed by atoms with van der Waals surface area (Å²) in [7, 11) is 1.88. The first-order valence-corrected chi connectivity index (χ1v) is 9.99. The summed E-state index contributed by atoms with van der Waals surface area (Å²) in [6, 6.07) is 13.7. The van der Waals surface area contributed by atoms with Crippen molar-refractivity contribution < 1.29 is 14.0 Å². The summed E-state index contributed by atoms with van der Waals surface area (Å²) in [5.74, 6) is -1.30. The average molecular weight is 418 g/mol. The Kier molecular flexibility index (Phi) is 5.42. The minimum Gasteiger partial charge on any atom is -0.332 e. The average Bonchev–Trinajstić information content (AvgIpc) is 3.08. The van der Waals surface area contributed by atoms with E-state index < -0.39 is 5.92 Å². The van der Waals surface area contributed by atoms with E-state index in [9.17, 15) is 14.0 Å². The molecule has 4 rings (SSSR count). The molecule has 0 aliphatic carbocycles. The van der Waals surface area contributed by atoms with Gasteiger partial charge in [-0.1, -0.05) is 24.3 Å². The van der Waals surface area contributed by atoms with Gasteiger partial charge in [0.25, 0.3) is 5.91 Å². The van der Waals surface area contributed by atoms with Gasteiger partial charge in [-0.25, -0.2) is 4.39 Å². The highest BCUT2D eigenvalue weighted by Crippen LogP contribution is 2.32. The van der Waals surface area contributed by atoms with E-state index in [1.165, 1.54) is 18.3 Å². The summed E-state index contributed by atoms with van der Waals surface area (Å²) in [6.07, 6.45) is 1.57. The van der Waals surface area contributed by atoms with Crippen molar-refractivity contribution in [3.8, 4) is 11.3 Å². The van der Waals surface area contributed by atoms with Gasteiger partial charge in [0.05, 0.1) is 11.4 Å². The van der Waals surface area contributed by atoms with Crippen molar-refractivity contribution in [3.63, 3.8) is 0 Å². The number of hydrogen-bond donors (Lipinski definition) is 2. The molecule has 1 aliphatic heterocycles. The van der Waals surface area contributed by atoms with Gasteiger partial charge in [0.15, 0.2) is 0 Å². The molecule has 3 aromatic rings. The van der Waals surface area contributed by atoms with Gasteiger partial charge in [-0.05, 0) is 49.2 Å². The molecule has 6 nitrogen and oxygen atoms in total. The van der Waals surface area contributed by atoms with E-state index in [4.69, 9.17) is 0 Å². The van der Waals surface area contributed by atoms with Gasteiger partial charge in [-0.2, -0.15) is 5.10 Å². The standard InChI is InChI=1S/C24H23FN4O2/c1-14-4-5-17(22-10-15(2)28-29(22)3)11-21(14)27-24(31)20-13-26-23(30)12-19(20)16-6-8-18(25)9-7-16/h4-11,13,19H,12H2,1-3H3,(H,26,30)(H,27,31)/t19-/m0/s1. The Bertz CT molecular complexity index is 1190. The normalized spacial score (nSPS) is 15.9. The lowest BCUT2D eigenvalue weighted by Crippen LogP contribution is -2.32. The third kappa shape index (κ3) is 4.26. The summed E-state index contributed by atoms with van der Waals surface area (Å²) in [6.45, 7) is 3.85. The van der Waals surface area contributed by atoms with Crippen LogP contribution in [0.2, 0.25) is 0 Å². The predicted molar refractivity (Wildman–Crippen MR) is 117 cm³/mol. The van der Waals surface area contributed by atoms with Crippen molar-refractivity contribution in [2.45, 2.75) is 26.2 Å². The first-order valence-electron chi connectivity index (χ1n) is 9.99. The number of carbonyl (C=O) groups is 2. The lowest BCUT2D eigenvalue weighted by molar-refractivity contribution is -0.121. The van der Waals surface area contributed by atoms with E-state index in [2.05, 4.69) is 15.7 Å². The van der Waals surface area contributed by atoms with Gasteiger partial charge in [-0.3, -0.25) is 14.3 Å². The second kappa shape index (κ2) is 8.18. The van der Waals surface area contributed by atoms with Gasteiger partial charge < -0.3 is 10.6 Å². The summed E-state index contributed by atoms with van der Waals surface area (Å²) in [5, 5.41) is 9.99. The highest BCUT2D eigenvalue weighted by molar-refractivity contribution is 6.07. The van der Waals surface area contributed by atoms with Crippen molar-refractivity contribution >= 4 is 17.5 Å². The van der Waals surface area contributed by atoms with E-state index in [1.54, 1.807) is 16.8 Å². The Morgan fingerprint density at radius 1 is 1.16 bits per heavy atom. The number of nitrogens with zero attached hydrogens (tertiary/aromatic N) is 2. The molecule has 0 unspecified atom stereocenters. The van der Waals surface area contributed by atoms with Crippen molar-refractivity contribution in [1.29, 1.82) is 0 Å². The summed E-state index contributed by atoms with van der Waals surface area (Å²) < 4.78 is 15.1. The van der Waals surface area contributed by atoms with Crippen molar-refractivity contribution in [2.24, 2.45) is 7.05 Å². The summed E-state index contributed by atoms with van der Waals surface area (Å²) >= 11 is 0. The molecule has 31 heavy (non-hydrogen) atoms. The number of aryl methyl sites for hydroxylation is 3. The third-order valence-electron chi connectivity index (χ3n) is 5.47. The first kappa shape index (κ1) is 20.5. The molecule has 1 atom stereocenters. The van der Waals surface area contributed by atoms with Gasteiger partial charge in [0, 0.05) is 42.4 Å². The number of carbonyl (C=O) groups excluding carboxylic acids is 2. The number of nitrogens with one attached hydrogen (secondary N) is 2. The zero-order valence-corrected chi connectivity index (χ0v) is 17.6. The molecule has 0 fully saturated rings. The maximum Gasteiger partial charge on any atom is 0.253 e. The molecule has 1 aliphatic rings. The second-order valence-corrected chi connectivity index (χ2v) is 7.75. The molecular weight excluding hydrogens is 395 g/mol. The lowest BCUT2D eigenvalue weighted by Gasteiger charge is -2.24. The van der Waals surface area contributed by atoms with Gasteiger partial charge in [0.2, 0.25) is 5.91 Å². The van der Waals surface area contributed by atoms with Crippen molar-refractivity contribution in [2.75, 3.05) is 5.32 Å². The van der Waals surface area contributed by atoms with Crippen LogP contribution < -0.4 is 10.6 Å². The Morgan fingerprint density at radius 3 is 2.58 bits per heavy atom. The monoisotopic (exact) mass is 418 g/mol. The molecule has 2 heterocycles. The van der Waals surface area contributed by atoms with Crippen molar-refractivity contribution in [1.82, 2.24) is 15.1 Å². The quantitative estimate of drug-likeness (QED) is 0.673. The smallest absolute Gasteiger partial charge is 0.253 e. The minimum atomic E-state index is -0.447. The predicted octanol–water partition coefficient (Wildman–Crippen LogP) is 3.97. The number of hydrogen-bond acceptors (Lipinski definition) is 3. The van der Waals surface area contributed by atoms with Crippen LogP contribution in [0.3, 0.4) is 0 Å². The van der Waals surface area contributed by atoms with E-state index in [0.717, 1.165) is 22.5 Å². The number of amides is 2. The van der Waals surface area contributed by atoms with Crippen LogP contribution in [0.1, 0.15) is 29.2 Å². The van der Waals surface area contributed by atoms with Gasteiger partial charge in [-0.15, -0.1) is 0 Å². The maximum absolute atomic E-state index is 13.3. The topological polar surface area (TPSA) is 76.0 Å². The van der Waals surface area contributed by atoms with Gasteiger partial charge in [0.1, 0.15) is 5.82 Å². The van der Waals surface area contributed by atoms with E-state index in [-0.39, 0.29) is 24.1 Å². The second-order valence-electron chi connectivity index (χ2n) is 7.75. The Morgan fingerprint density at radius 2 is 1.90 bits per heavy atom. The Labute approximate surface area is 179 Å². The number of rotatable bonds is 4. The fraction of sp³-hybridized carbons (Fsp3) is 0.208. The van der Waals surface area contributed by atoms with Crippen LogP contribution in [0.5, 0.6) is 0 Å². The van der Waals surface area contributed by atoms with Gasteiger partial charge >= 0.3 is 0 Å². The molecular formula is C24H23FN4O2. The zero-order chi connectivity index (χ0) is 22.1. The Hall–Kier alpha value is -3.74. The van der Waals surface area contributed by atoms with Crippen LogP contribution >= 0.6 is 0 Å². The molecule has 2 aromatic carbocycles. The van der Waals surface area contributed by atoms with Crippen LogP contribution in [-0.4, -0.2) is 21.6 Å². The molecule has 0 spiro atoms. The van der Waals surface area contributed by atoms with Crippen molar-refractivity contribution in [3.05, 3.63) is 82.9 Å². The number of benzene rings is 2. The number of aromatic nitrogens is 2. The van der Waals surface area contributed by atoms with E-state index in [1.807, 2.05) is 45.2 Å². The summed E-state index contributed by atoms with van der Waals surface area (Å²) in [5.41, 5.74) is 5.52. The van der Waals surface area contributed by atoms with Crippen LogP contribution in [0.4, 0.5) is 10.1 Å². The highest BCUT2D eigenvalue weighted by atomic mass is 19.1. The van der Waals surface area contributed by atoms with E-state index >= 15 is 0 Å². The maximum atomic E-state index is 13.3. The van der Waals surface area contributed by atoms with Crippen LogP contribution in [0.25, 0.3) is 11.3 Å². The third-order valence-corrected chi connectivity index (χ3v) is 5.47. The van der Waals surface area contributed by atoms with Crippen LogP contribution in [0.15, 0.2) is 60.3 Å². The first-order chi connectivity index (χ1) is 14.8. The largest absolute Gasteiger partial charge is 0.332 e. The molecule has 0 saturated carbocycles. The molecule has 0 saturated heterocycles. The zero-order valence-electron chi connectivity index (χ0n) is 17.6. The molecule has 0 bridgehead atoms. The molecule has 2 amide bonds. The Balaban J connectivity index is 1.63. The molecule has 2 N–H and O–H groups in total. The summed E-state index contributed by atoms with van der Waals surface area (Å²) in [4.78, 5) is 25.1. The molecule has 0 radical (unpaired) electrons. The fourth-order valence-electron chi connectivity index (χ4n) is 3.82. The van der Waals surface area contributed by atoms with Crippen LogP contribution in [0, 0.1) is 19.7 Å². The molecule has 1 aromatic heterocycles. The fourth-order valence-corrected chi connectivity index (χ4v) is 3.82.